The third kappa shape index (κ3) is 15.1. The van der Waals surface area contributed by atoms with Gasteiger partial charge in [0.1, 0.15) is 5.15 Å². The second-order valence-electron chi connectivity index (χ2n) is 17.7. The van der Waals surface area contributed by atoms with Gasteiger partial charge in [-0.3, -0.25) is 0 Å². The van der Waals surface area contributed by atoms with Gasteiger partial charge in [0.25, 0.3) is 12.9 Å². The van der Waals surface area contributed by atoms with Crippen molar-refractivity contribution in [3.05, 3.63) is 89.3 Å². The van der Waals surface area contributed by atoms with Gasteiger partial charge in [0.05, 0.1) is 30.1 Å². The van der Waals surface area contributed by atoms with Crippen LogP contribution in [-0.4, -0.2) is 126 Å². The summed E-state index contributed by atoms with van der Waals surface area (Å²) < 4.78 is 74.6. The Labute approximate surface area is 397 Å². The van der Waals surface area contributed by atoms with Crippen molar-refractivity contribution in [2.75, 3.05) is 75.4 Å². The maximum absolute atomic E-state index is 13.3. The van der Waals surface area contributed by atoms with Crippen LogP contribution in [0.4, 0.5) is 39.0 Å². The number of alkyl halides is 4. The molecule has 3 aliphatic rings. The fraction of sp³-hybridized carbons (Fsp3) is 0.532. The van der Waals surface area contributed by atoms with E-state index in [2.05, 4.69) is 19.9 Å². The summed E-state index contributed by atoms with van der Waals surface area (Å²) in [4.78, 5) is 48.4. The molecule has 0 aliphatic carbocycles. The van der Waals surface area contributed by atoms with Crippen LogP contribution in [-0.2, 0) is 18.8 Å². The number of aromatic nitrogens is 4. The smallest absolute Gasteiger partial charge is 0.449 e. The van der Waals surface area contributed by atoms with Crippen molar-refractivity contribution >= 4 is 48.3 Å². The van der Waals surface area contributed by atoms with Gasteiger partial charge >= 0.3 is 19.3 Å². The van der Waals surface area contributed by atoms with Gasteiger partial charge in [-0.2, -0.15) is 0 Å². The van der Waals surface area contributed by atoms with Crippen molar-refractivity contribution in [1.29, 1.82) is 0 Å². The van der Waals surface area contributed by atoms with Gasteiger partial charge < -0.3 is 38.4 Å². The van der Waals surface area contributed by atoms with Crippen molar-refractivity contribution in [1.82, 2.24) is 29.7 Å². The minimum Gasteiger partial charge on any atom is -0.449 e. The van der Waals surface area contributed by atoms with E-state index in [-0.39, 0.29) is 36.7 Å². The molecule has 2 amide bonds. The standard InChI is InChI=1S/C20H24F2N4O2.C13H17BF2O2.C13H19ClN4O2.CH4/c1-14(2)13-28-20(27)26-11-9-25(10-12-26)19-23-8-7-17(24-19)15-5-3-4-6-16(15)18(21)22;1-12(2)13(3,4)18-14(17-12)10-8-6-5-7-9(10)11(15)16;1-10(2)9-20-13(19)18-7-5-17(6-8-18)12-15-4-3-11(14)16-12;/h3-8,14,18H,9-13H2,1-2H3;5-8,11H,1-4H3;3-4,10H,5-9H2,1-2H3;1H4. The van der Waals surface area contributed by atoms with Crippen molar-refractivity contribution in [3.63, 3.8) is 0 Å². The Kier molecular flexibility index (Phi) is 20.0. The average molecular weight is 959 g/mol. The summed E-state index contributed by atoms with van der Waals surface area (Å²) >= 11 is 5.85. The van der Waals surface area contributed by atoms with Crippen LogP contribution in [0.2, 0.25) is 5.15 Å². The highest BCUT2D eigenvalue weighted by molar-refractivity contribution is 6.62. The normalized spacial score (nSPS) is 16.6. The van der Waals surface area contributed by atoms with E-state index in [0.717, 1.165) is 0 Å². The first-order valence-corrected chi connectivity index (χ1v) is 22.4. The van der Waals surface area contributed by atoms with Gasteiger partial charge in [-0.05, 0) is 57.1 Å². The van der Waals surface area contributed by atoms with Crippen LogP contribution in [0.15, 0.2) is 73.1 Å². The number of nitrogens with zero attached hydrogens (tertiary/aromatic N) is 8. The Balaban J connectivity index is 0.000000225. The van der Waals surface area contributed by atoms with Crippen LogP contribution in [0.3, 0.4) is 0 Å². The van der Waals surface area contributed by atoms with E-state index in [1.54, 1.807) is 70.7 Å². The summed E-state index contributed by atoms with van der Waals surface area (Å²) in [6.45, 7) is 21.1. The van der Waals surface area contributed by atoms with Crippen LogP contribution < -0.4 is 15.3 Å². The number of carbonyl (C=O) groups is 2. The van der Waals surface area contributed by atoms with Crippen LogP contribution in [0, 0.1) is 11.8 Å². The molecule has 3 aliphatic heterocycles. The van der Waals surface area contributed by atoms with Crippen molar-refractivity contribution in [3.8, 4) is 11.3 Å². The monoisotopic (exact) mass is 958 g/mol. The van der Waals surface area contributed by atoms with Gasteiger partial charge in [0, 0.05) is 81.4 Å². The molecule has 20 heteroatoms. The average Bonchev–Trinajstić information content (AvgIpc) is 3.53. The zero-order valence-corrected chi connectivity index (χ0v) is 39.6. The molecule has 0 spiro atoms. The number of rotatable bonds is 10. The van der Waals surface area contributed by atoms with Gasteiger partial charge in [-0.15, -0.1) is 0 Å². The highest BCUT2D eigenvalue weighted by Gasteiger charge is 2.52. The van der Waals surface area contributed by atoms with Gasteiger partial charge in [-0.1, -0.05) is 95.3 Å². The summed E-state index contributed by atoms with van der Waals surface area (Å²) in [7, 11) is -0.736. The predicted octanol–water partition coefficient (Wildman–Crippen LogP) is 9.60. The molecule has 2 aromatic carbocycles. The molecule has 3 saturated heterocycles. The van der Waals surface area contributed by atoms with Crippen LogP contribution in [0.1, 0.15) is 86.8 Å². The molecule has 0 unspecified atom stereocenters. The van der Waals surface area contributed by atoms with Gasteiger partial charge in [-0.25, -0.2) is 47.1 Å². The number of hydrogen-bond donors (Lipinski definition) is 0. The number of anilines is 2. The third-order valence-corrected chi connectivity index (χ3v) is 11.4. The lowest BCUT2D eigenvalue weighted by molar-refractivity contribution is 0.00578. The van der Waals surface area contributed by atoms with Crippen LogP contribution in [0.5, 0.6) is 0 Å². The lowest BCUT2D eigenvalue weighted by Gasteiger charge is -2.34. The Morgan fingerprint density at radius 3 is 1.55 bits per heavy atom. The predicted molar refractivity (Wildman–Crippen MR) is 253 cm³/mol. The molecule has 0 atom stereocenters. The molecule has 0 N–H and O–H groups in total. The minimum atomic E-state index is -2.57. The molecule has 7 rings (SSSR count). The number of hydrogen-bond acceptors (Lipinski definition) is 12. The maximum Gasteiger partial charge on any atom is 0.495 e. The topological polar surface area (TPSA) is 136 Å². The SMILES string of the molecule is C.CC(C)COC(=O)N1CCN(c2nccc(-c3ccccc3C(F)F)n2)CC1.CC(C)COC(=O)N1CCN(c2nccc(Cl)n2)CC1.CC1(C)OB(c2ccccc2C(F)F)OC1(C)C. The van der Waals surface area contributed by atoms with Crippen molar-refractivity contribution in [2.24, 2.45) is 11.8 Å². The highest BCUT2D eigenvalue weighted by atomic mass is 35.5. The molecule has 5 heterocycles. The zero-order chi connectivity index (χ0) is 48.2. The first kappa shape index (κ1) is 54.3. The Morgan fingerprint density at radius 1 is 0.657 bits per heavy atom. The molecule has 0 saturated carbocycles. The molecule has 14 nitrogen and oxygen atoms in total. The van der Waals surface area contributed by atoms with E-state index >= 15 is 0 Å². The van der Waals surface area contributed by atoms with E-state index in [0.29, 0.717) is 105 Å². The molecule has 366 valence electrons. The first-order valence-electron chi connectivity index (χ1n) is 22.0. The number of ether oxygens (including phenoxy) is 2. The second kappa shape index (κ2) is 24.7. The molecular weight excluding hydrogens is 895 g/mol. The molecule has 0 bridgehead atoms. The number of amides is 2. The lowest BCUT2D eigenvalue weighted by atomic mass is 9.76. The summed E-state index contributed by atoms with van der Waals surface area (Å²) in [5.41, 5.74) is 0.142. The summed E-state index contributed by atoms with van der Waals surface area (Å²) in [6.07, 6.45) is -2.45. The summed E-state index contributed by atoms with van der Waals surface area (Å²) in [5, 5.41) is 0.425. The molecule has 2 aromatic heterocycles. The number of benzene rings is 2. The largest absolute Gasteiger partial charge is 0.495 e. The Hall–Kier alpha value is -5.27. The van der Waals surface area contributed by atoms with E-state index in [4.69, 9.17) is 30.4 Å². The molecule has 0 radical (unpaired) electrons. The number of carbonyl (C=O) groups excluding carboxylic acids is 2. The fourth-order valence-corrected chi connectivity index (χ4v) is 6.91. The van der Waals surface area contributed by atoms with Gasteiger partial charge in [0.15, 0.2) is 0 Å². The Bertz CT molecular complexity index is 2180. The summed E-state index contributed by atoms with van der Waals surface area (Å²) in [6, 6.07) is 16.0. The number of piperazine rings is 2. The Morgan fingerprint density at radius 2 is 1.09 bits per heavy atom. The quantitative estimate of drug-likeness (QED) is 0.0851. The molecule has 3 fully saturated rings. The second-order valence-corrected chi connectivity index (χ2v) is 18.1. The van der Waals surface area contributed by atoms with E-state index < -0.39 is 31.2 Å². The fourth-order valence-electron chi connectivity index (χ4n) is 6.78. The zero-order valence-electron chi connectivity index (χ0n) is 38.8. The van der Waals surface area contributed by atoms with E-state index in [9.17, 15) is 27.2 Å². The minimum absolute atomic E-state index is 0. The van der Waals surface area contributed by atoms with Gasteiger partial charge in [0.2, 0.25) is 11.9 Å². The van der Waals surface area contributed by atoms with E-state index in [1.165, 1.54) is 12.1 Å². The van der Waals surface area contributed by atoms with Crippen molar-refractivity contribution in [2.45, 2.75) is 86.9 Å². The molecular formula is C47H64BClF4N8O6. The highest BCUT2D eigenvalue weighted by Crippen LogP contribution is 2.37. The lowest BCUT2D eigenvalue weighted by Crippen LogP contribution is -2.49. The molecule has 4 aromatic rings. The van der Waals surface area contributed by atoms with Crippen LogP contribution >= 0.6 is 11.6 Å². The summed E-state index contributed by atoms with van der Waals surface area (Å²) in [5.74, 6) is 1.71. The van der Waals surface area contributed by atoms with E-state index in [1.807, 2.05) is 65.2 Å². The third-order valence-electron chi connectivity index (χ3n) is 11.2. The molecule has 67 heavy (non-hydrogen) atoms. The maximum atomic E-state index is 13.3. The van der Waals surface area contributed by atoms with Crippen molar-refractivity contribution < 1.29 is 45.9 Å². The van der Waals surface area contributed by atoms with Crippen LogP contribution in [0.25, 0.3) is 11.3 Å². The first-order chi connectivity index (χ1) is 31.3. The number of halogens is 5.